The van der Waals surface area contributed by atoms with E-state index in [1.54, 1.807) is 19.1 Å². The van der Waals surface area contributed by atoms with Gasteiger partial charge in [-0.3, -0.25) is 33.6 Å². The van der Waals surface area contributed by atoms with Gasteiger partial charge in [-0.2, -0.15) is 0 Å². The summed E-state index contributed by atoms with van der Waals surface area (Å²) in [5.74, 6) is -1.84. The molecule has 0 bridgehead atoms. The molecule has 0 radical (unpaired) electrons. The second-order valence-corrected chi connectivity index (χ2v) is 18.8. The van der Waals surface area contributed by atoms with Crippen molar-refractivity contribution in [2.45, 2.75) is 107 Å². The molecule has 1 amide bonds. The van der Waals surface area contributed by atoms with Gasteiger partial charge in [0, 0.05) is 44.5 Å². The number of ether oxygens (including phenoxy) is 4. The van der Waals surface area contributed by atoms with Crippen molar-refractivity contribution in [3.63, 3.8) is 0 Å². The quantitative estimate of drug-likeness (QED) is 0.0363. The minimum absolute atomic E-state index is 0. The maximum absolute atomic E-state index is 12.2. The van der Waals surface area contributed by atoms with Crippen molar-refractivity contribution in [3.05, 3.63) is 144 Å². The fourth-order valence-corrected chi connectivity index (χ4v) is 6.02. The standard InChI is InChI=1S/C14H16ClNO3.C11H13NO2.C7H9N.C7H6O.C5H8O2.C4H7NO2.C3H4Cl2O.C3H5ClO2.BrH/c1-10(15)13(17)16(12-7-8-19-14(12)18)9-11-5-3-2-4-6-11;13-11-10(6-7-14-11)12-8-9-4-2-1-3-5-9;2*8-6-7-4-2-1-3-5-7;1-4-2-3-7-5(4)6;5-3-1-2-7-4(3)6;2*1-2(4)3(5)6;/h2-6,10,12H,7-9H2,1H3;1-5,10,12H,6-8H2;1-5H,6,8H2;1-6H;4H,2-3H2,1H3;3H,1-2,5H2;2H,1H3;2H,1H3,(H,5,6);1H/t10-,12?;;;;;3-;2*2-;/m1....011./s1. The van der Waals surface area contributed by atoms with Crippen molar-refractivity contribution >= 4 is 111 Å². The average Bonchev–Trinajstić information content (AvgIpc) is 4.23. The van der Waals surface area contributed by atoms with Crippen LogP contribution < -0.4 is 16.8 Å². The summed E-state index contributed by atoms with van der Waals surface area (Å²) < 4.78 is 18.9. The molecule has 22 heteroatoms. The molecule has 0 aliphatic carbocycles. The number of aldehydes is 1. The van der Waals surface area contributed by atoms with E-state index in [1.807, 2.05) is 116 Å². The van der Waals surface area contributed by atoms with Gasteiger partial charge in [-0.15, -0.1) is 51.8 Å². The number of rotatable bonds is 11. The van der Waals surface area contributed by atoms with Crippen LogP contribution in [-0.2, 0) is 72.1 Å². The van der Waals surface area contributed by atoms with Crippen LogP contribution in [0.5, 0.6) is 0 Å². The van der Waals surface area contributed by atoms with Crippen LogP contribution in [0.25, 0.3) is 0 Å². The Morgan fingerprint density at radius 2 is 1.07 bits per heavy atom. The topological polar surface area (TPSA) is 261 Å². The Balaban J connectivity index is 0.000000880. The lowest BCUT2D eigenvalue weighted by Gasteiger charge is -2.27. The van der Waals surface area contributed by atoms with Gasteiger partial charge in [0.05, 0.1) is 32.3 Å². The Labute approximate surface area is 475 Å². The number of esters is 4. The van der Waals surface area contributed by atoms with Crippen LogP contribution in [0.15, 0.2) is 121 Å². The van der Waals surface area contributed by atoms with Crippen molar-refractivity contribution in [2.75, 3.05) is 26.4 Å². The third-order valence-corrected chi connectivity index (χ3v) is 11.3. The number of alkyl halides is 3. The van der Waals surface area contributed by atoms with Gasteiger partial charge in [0.2, 0.25) is 11.1 Å². The molecule has 418 valence electrons. The molecule has 4 fully saturated rings. The molecule has 6 N–H and O–H groups in total. The summed E-state index contributed by atoms with van der Waals surface area (Å²) in [6.07, 6.45) is 3.73. The number of hydrogen-bond acceptors (Lipinski definition) is 15. The number of aliphatic carboxylic acids is 1. The first kappa shape index (κ1) is 70.6. The Morgan fingerprint density at radius 3 is 1.36 bits per heavy atom. The molecule has 0 aromatic heterocycles. The highest BCUT2D eigenvalue weighted by Crippen LogP contribution is 2.20. The van der Waals surface area contributed by atoms with Crippen LogP contribution in [0.1, 0.15) is 80.4 Å². The van der Waals surface area contributed by atoms with Crippen molar-refractivity contribution in [3.8, 4) is 0 Å². The van der Waals surface area contributed by atoms with E-state index in [4.69, 9.17) is 72.5 Å². The summed E-state index contributed by atoms with van der Waals surface area (Å²) in [5, 5.41) is 8.56. The molecule has 4 aliphatic heterocycles. The number of nitrogens with zero attached hydrogens (tertiary/aromatic N) is 1. The predicted octanol–water partition coefficient (Wildman–Crippen LogP) is 8.18. The van der Waals surface area contributed by atoms with Crippen LogP contribution in [0.3, 0.4) is 0 Å². The lowest BCUT2D eigenvalue weighted by molar-refractivity contribution is -0.148. The Kier molecular flexibility index (Phi) is 38.7. The number of hydrogen-bond donors (Lipinski definition) is 4. The van der Waals surface area contributed by atoms with E-state index >= 15 is 0 Å². The lowest BCUT2D eigenvalue weighted by Crippen LogP contribution is -2.45. The van der Waals surface area contributed by atoms with Crippen molar-refractivity contribution in [1.29, 1.82) is 0 Å². The first-order valence-corrected chi connectivity index (χ1v) is 25.5. The summed E-state index contributed by atoms with van der Waals surface area (Å²) in [6, 6.07) is 37.7. The fraction of sp³-hybridized carbons (Fsp3) is 0.407. The molecule has 17 nitrogen and oxygen atoms in total. The summed E-state index contributed by atoms with van der Waals surface area (Å²) in [6.45, 7) is 10.2. The number of cyclic esters (lactones) is 4. The monoisotopic (exact) mass is 1200 g/mol. The molecular weight excluding hydrogens is 1130 g/mol. The SMILES string of the molecule is Br.CC1CCOC1=O.C[C@@H](Cl)C(=O)Cl.C[C@@H](Cl)C(=O)N(Cc1ccccc1)C1CCOC1=O.C[C@@H](Cl)C(=O)O.NCc1ccccc1.N[C@H]1CCOC1=O.O=C1OCCC1NCc1ccccc1.O=Cc1ccccc1. The highest BCUT2D eigenvalue weighted by molar-refractivity contribution is 8.93. The van der Waals surface area contributed by atoms with Crippen LogP contribution in [0.4, 0.5) is 0 Å². The number of carboxylic acid groups (broad SMARTS) is 1. The molecule has 0 spiro atoms. The molecular formula is C54H69BrCl4N4O13. The zero-order valence-electron chi connectivity index (χ0n) is 42.8. The van der Waals surface area contributed by atoms with Crippen molar-refractivity contribution < 1.29 is 62.4 Å². The largest absolute Gasteiger partial charge is 0.480 e. The second-order valence-electron chi connectivity index (χ2n) is 16.4. The number of halogens is 5. The molecule has 8 rings (SSSR count). The minimum Gasteiger partial charge on any atom is -0.480 e. The first-order valence-electron chi connectivity index (χ1n) is 23.8. The Hall–Kier alpha value is -5.44. The van der Waals surface area contributed by atoms with Gasteiger partial charge in [0.25, 0.3) is 0 Å². The average molecular weight is 1200 g/mol. The van der Waals surface area contributed by atoms with E-state index in [0.717, 1.165) is 36.8 Å². The van der Waals surface area contributed by atoms with E-state index in [-0.39, 0.29) is 64.8 Å². The predicted molar refractivity (Wildman–Crippen MR) is 298 cm³/mol. The smallest absolute Gasteiger partial charge is 0.329 e. The van der Waals surface area contributed by atoms with Gasteiger partial charge >= 0.3 is 29.8 Å². The van der Waals surface area contributed by atoms with E-state index in [9.17, 15) is 38.4 Å². The van der Waals surface area contributed by atoms with E-state index < -0.39 is 33.4 Å². The van der Waals surface area contributed by atoms with Crippen LogP contribution in [0, 0.1) is 5.92 Å². The molecule has 7 atom stereocenters. The number of carboxylic acids is 1. The summed E-state index contributed by atoms with van der Waals surface area (Å²) in [4.78, 5) is 86.4. The molecule has 4 heterocycles. The third kappa shape index (κ3) is 31.6. The van der Waals surface area contributed by atoms with E-state index in [2.05, 4.69) is 14.8 Å². The Morgan fingerprint density at radius 1 is 0.645 bits per heavy atom. The third-order valence-electron chi connectivity index (χ3n) is 10.3. The van der Waals surface area contributed by atoms with Gasteiger partial charge in [-0.05, 0) is 55.5 Å². The van der Waals surface area contributed by atoms with Gasteiger partial charge < -0.3 is 45.7 Å². The van der Waals surface area contributed by atoms with Crippen molar-refractivity contribution in [2.24, 2.45) is 17.4 Å². The van der Waals surface area contributed by atoms with Crippen LogP contribution >= 0.6 is 63.4 Å². The first-order chi connectivity index (χ1) is 35.7. The van der Waals surface area contributed by atoms with Crippen LogP contribution in [0.2, 0.25) is 0 Å². The number of amides is 1. The van der Waals surface area contributed by atoms with Gasteiger partial charge in [0.15, 0.2) is 0 Å². The highest BCUT2D eigenvalue weighted by Gasteiger charge is 2.36. The maximum atomic E-state index is 12.2. The van der Waals surface area contributed by atoms with Crippen molar-refractivity contribution in [1.82, 2.24) is 10.2 Å². The second kappa shape index (κ2) is 41.7. The highest BCUT2D eigenvalue weighted by atomic mass is 79.9. The van der Waals surface area contributed by atoms with E-state index in [0.29, 0.717) is 52.4 Å². The molecule has 0 saturated carbocycles. The molecule has 4 aliphatic rings. The molecule has 4 saturated heterocycles. The molecule has 4 aromatic rings. The van der Waals surface area contributed by atoms with Gasteiger partial charge in [-0.25, -0.2) is 4.79 Å². The normalized spacial score (nSPS) is 18.4. The van der Waals surface area contributed by atoms with Crippen LogP contribution in [-0.4, -0.2) is 118 Å². The van der Waals surface area contributed by atoms with Gasteiger partial charge in [-0.1, -0.05) is 128 Å². The van der Waals surface area contributed by atoms with E-state index in [1.165, 1.54) is 29.9 Å². The Bertz CT molecular complexity index is 2250. The summed E-state index contributed by atoms with van der Waals surface area (Å²) >= 11 is 20.9. The fourth-order valence-electron chi connectivity index (χ4n) is 5.89. The lowest BCUT2D eigenvalue weighted by atomic mass is 10.1. The number of benzene rings is 4. The maximum Gasteiger partial charge on any atom is 0.329 e. The number of nitrogens with one attached hydrogen (secondary N) is 1. The molecule has 76 heavy (non-hydrogen) atoms. The summed E-state index contributed by atoms with van der Waals surface area (Å²) in [7, 11) is 0. The number of carbonyl (C=O) groups excluding carboxylic acids is 7. The number of nitrogens with two attached hydrogens (primary N) is 2. The molecule has 3 unspecified atom stereocenters. The minimum atomic E-state index is -0.975. The zero-order chi connectivity index (χ0) is 56.1. The van der Waals surface area contributed by atoms with Gasteiger partial charge in [0.1, 0.15) is 40.5 Å². The number of carbonyl (C=O) groups is 8. The zero-order valence-corrected chi connectivity index (χ0v) is 47.5. The molecule has 4 aromatic carbocycles. The summed E-state index contributed by atoms with van der Waals surface area (Å²) in [5.41, 5.74) is 14.6.